The summed E-state index contributed by atoms with van der Waals surface area (Å²) in [7, 11) is -2.48. The van der Waals surface area contributed by atoms with Gasteiger partial charge in [-0.1, -0.05) is 81.4 Å². The van der Waals surface area contributed by atoms with Crippen molar-refractivity contribution in [3.63, 3.8) is 0 Å². The summed E-state index contributed by atoms with van der Waals surface area (Å²) in [5.41, 5.74) is 0. The topological polar surface area (TPSA) is 49.7 Å². The molecule has 0 spiro atoms. The summed E-state index contributed by atoms with van der Waals surface area (Å²) in [6, 6.07) is 21.4. The van der Waals surface area contributed by atoms with Crippen molar-refractivity contribution >= 4 is 18.7 Å². The highest BCUT2D eigenvalue weighted by molar-refractivity contribution is 6.99. The first-order chi connectivity index (χ1) is 13.5. The summed E-state index contributed by atoms with van der Waals surface area (Å²) in [4.78, 5) is 0. The molecule has 0 aliphatic carbocycles. The van der Waals surface area contributed by atoms with Crippen LogP contribution in [0.15, 0.2) is 60.7 Å². The molecular weight excluding hydrogens is 364 g/mol. The second-order valence-electron chi connectivity index (χ2n) is 8.54. The predicted octanol–water partition coefficient (Wildman–Crippen LogP) is 3.72. The predicted molar refractivity (Wildman–Crippen MR) is 120 cm³/mol. The first-order valence-electron chi connectivity index (χ1n) is 10.4. The third-order valence-electron chi connectivity index (χ3n) is 5.57. The van der Waals surface area contributed by atoms with E-state index in [4.69, 9.17) is 9.53 Å². The number of hydrogen-bond acceptors (Lipinski definition) is 3. The van der Waals surface area contributed by atoms with Crippen LogP contribution in [0.25, 0.3) is 0 Å². The number of hydrogen-bond donors (Lipinski definition) is 2. The quantitative estimate of drug-likeness (QED) is 0.565. The van der Waals surface area contributed by atoms with Crippen LogP contribution >= 0.6 is 0 Å². The fourth-order valence-electron chi connectivity index (χ4n) is 4.14. The number of aliphatic hydroxyl groups is 2. The highest BCUT2D eigenvalue weighted by atomic mass is 28.4. The zero-order valence-corrected chi connectivity index (χ0v) is 18.6. The Kier molecular flexibility index (Phi) is 8.89. The maximum absolute atomic E-state index is 9.39. The zero-order valence-electron chi connectivity index (χ0n) is 17.6. The average molecular weight is 401 g/mol. The van der Waals surface area contributed by atoms with Crippen molar-refractivity contribution in [2.45, 2.75) is 51.5 Å². The molecule has 1 unspecified atom stereocenters. The van der Waals surface area contributed by atoms with E-state index < -0.39 is 8.32 Å². The standard InChI is InChI=1S/C24H36O3Si/c1-24(2,3)28(22-12-6-4-7-13-22,23-14-8-5-9-15-23)27-20-17-21(16-19-26)11-10-18-25/h4-9,12-15,21,25-26H,10-11,16-20H2,1-3H3. The zero-order chi connectivity index (χ0) is 20.5. The lowest BCUT2D eigenvalue weighted by Gasteiger charge is -2.43. The van der Waals surface area contributed by atoms with Gasteiger partial charge in [-0.25, -0.2) is 0 Å². The Morgan fingerprint density at radius 1 is 0.786 bits per heavy atom. The minimum atomic E-state index is -2.48. The Bertz CT molecular complexity index is 628. The molecule has 0 aromatic heterocycles. The molecule has 4 heteroatoms. The van der Waals surface area contributed by atoms with E-state index in [1.807, 2.05) is 0 Å². The molecule has 0 aliphatic heterocycles. The van der Waals surface area contributed by atoms with Gasteiger partial charge in [0.25, 0.3) is 8.32 Å². The van der Waals surface area contributed by atoms with Crippen LogP contribution in [-0.2, 0) is 4.43 Å². The van der Waals surface area contributed by atoms with Crippen molar-refractivity contribution in [2.24, 2.45) is 5.92 Å². The molecule has 0 fully saturated rings. The fraction of sp³-hybridized carbons (Fsp3) is 0.500. The molecule has 0 aliphatic rings. The molecular formula is C24H36O3Si. The van der Waals surface area contributed by atoms with Gasteiger partial charge in [-0.2, -0.15) is 0 Å². The smallest absolute Gasteiger partial charge is 0.261 e. The first kappa shape index (κ1) is 22.8. The molecule has 2 aromatic carbocycles. The van der Waals surface area contributed by atoms with Gasteiger partial charge < -0.3 is 14.6 Å². The van der Waals surface area contributed by atoms with Gasteiger partial charge in [0, 0.05) is 19.8 Å². The molecule has 2 aromatic rings. The van der Waals surface area contributed by atoms with E-state index in [9.17, 15) is 5.11 Å². The van der Waals surface area contributed by atoms with Crippen molar-refractivity contribution in [3.8, 4) is 0 Å². The normalized spacial score (nSPS) is 13.5. The van der Waals surface area contributed by atoms with Crippen LogP contribution in [0.3, 0.4) is 0 Å². The van der Waals surface area contributed by atoms with Gasteiger partial charge in [0.1, 0.15) is 0 Å². The highest BCUT2D eigenvalue weighted by Gasteiger charge is 2.50. The third-order valence-corrected chi connectivity index (χ3v) is 10.6. The Hall–Kier alpha value is -1.46. The van der Waals surface area contributed by atoms with Crippen LogP contribution in [0, 0.1) is 5.92 Å². The molecule has 0 heterocycles. The summed E-state index contributed by atoms with van der Waals surface area (Å²) in [5.74, 6) is 0.385. The average Bonchev–Trinajstić information content (AvgIpc) is 2.69. The maximum atomic E-state index is 9.39. The Morgan fingerprint density at radius 2 is 1.32 bits per heavy atom. The van der Waals surface area contributed by atoms with Gasteiger partial charge >= 0.3 is 0 Å². The van der Waals surface area contributed by atoms with E-state index in [0.717, 1.165) is 25.7 Å². The Labute approximate surface area is 171 Å². The van der Waals surface area contributed by atoms with Crippen molar-refractivity contribution in [1.29, 1.82) is 0 Å². The molecule has 0 radical (unpaired) electrons. The lowest BCUT2D eigenvalue weighted by atomic mass is 9.97. The van der Waals surface area contributed by atoms with Crippen molar-refractivity contribution in [1.82, 2.24) is 0 Å². The number of rotatable bonds is 11. The number of aliphatic hydroxyl groups excluding tert-OH is 2. The highest BCUT2D eigenvalue weighted by Crippen LogP contribution is 2.37. The third kappa shape index (κ3) is 5.54. The first-order valence-corrected chi connectivity index (χ1v) is 12.3. The van der Waals surface area contributed by atoms with E-state index >= 15 is 0 Å². The molecule has 0 saturated carbocycles. The van der Waals surface area contributed by atoms with E-state index in [0.29, 0.717) is 12.5 Å². The van der Waals surface area contributed by atoms with Crippen LogP contribution in [-0.4, -0.2) is 38.4 Å². The molecule has 154 valence electrons. The molecule has 2 rings (SSSR count). The van der Waals surface area contributed by atoms with Crippen LogP contribution in [0.1, 0.15) is 46.5 Å². The van der Waals surface area contributed by atoms with Gasteiger partial charge in [0.2, 0.25) is 0 Å². The monoisotopic (exact) mass is 400 g/mol. The van der Waals surface area contributed by atoms with Crippen molar-refractivity contribution < 1.29 is 14.6 Å². The Morgan fingerprint density at radius 3 is 1.75 bits per heavy atom. The molecule has 3 nitrogen and oxygen atoms in total. The van der Waals surface area contributed by atoms with E-state index in [1.54, 1.807) is 0 Å². The molecule has 2 N–H and O–H groups in total. The summed E-state index contributed by atoms with van der Waals surface area (Å²) in [5, 5.41) is 21.1. The molecule has 1 atom stereocenters. The van der Waals surface area contributed by atoms with Gasteiger partial charge in [0.15, 0.2) is 0 Å². The maximum Gasteiger partial charge on any atom is 0.261 e. The van der Waals surface area contributed by atoms with E-state index in [1.165, 1.54) is 10.4 Å². The van der Waals surface area contributed by atoms with Crippen LogP contribution in [0.2, 0.25) is 5.04 Å². The van der Waals surface area contributed by atoms with Gasteiger partial charge in [-0.15, -0.1) is 0 Å². The lowest BCUT2D eigenvalue weighted by Crippen LogP contribution is -2.66. The minimum absolute atomic E-state index is 0.0206. The Balaban J connectivity index is 2.33. The van der Waals surface area contributed by atoms with Crippen LogP contribution in [0.5, 0.6) is 0 Å². The van der Waals surface area contributed by atoms with Crippen molar-refractivity contribution in [3.05, 3.63) is 60.7 Å². The molecule has 0 bridgehead atoms. The summed E-state index contributed by atoms with van der Waals surface area (Å²) in [6.45, 7) is 7.93. The summed E-state index contributed by atoms with van der Waals surface area (Å²) < 4.78 is 6.92. The van der Waals surface area contributed by atoms with Gasteiger partial charge in [-0.3, -0.25) is 0 Å². The second kappa shape index (κ2) is 10.9. The van der Waals surface area contributed by atoms with Crippen LogP contribution < -0.4 is 10.4 Å². The minimum Gasteiger partial charge on any atom is -0.407 e. The molecule has 0 amide bonds. The molecule has 28 heavy (non-hydrogen) atoms. The van der Waals surface area contributed by atoms with Crippen molar-refractivity contribution in [2.75, 3.05) is 19.8 Å². The largest absolute Gasteiger partial charge is 0.407 e. The molecule has 0 saturated heterocycles. The van der Waals surface area contributed by atoms with Gasteiger partial charge in [0.05, 0.1) is 0 Å². The van der Waals surface area contributed by atoms with E-state index in [-0.39, 0.29) is 18.3 Å². The van der Waals surface area contributed by atoms with Crippen LogP contribution in [0.4, 0.5) is 0 Å². The fourth-order valence-corrected chi connectivity index (χ4v) is 8.72. The van der Waals surface area contributed by atoms with Gasteiger partial charge in [-0.05, 0) is 47.0 Å². The number of benzene rings is 2. The summed E-state index contributed by atoms with van der Waals surface area (Å²) in [6.07, 6.45) is 3.39. The SMILES string of the molecule is CC(C)(C)[Si](OCCC(CCO)CCCO)(c1ccccc1)c1ccccc1. The van der Waals surface area contributed by atoms with E-state index in [2.05, 4.69) is 81.4 Å². The lowest BCUT2D eigenvalue weighted by molar-refractivity contribution is 0.201. The second-order valence-corrected chi connectivity index (χ2v) is 12.9. The summed E-state index contributed by atoms with van der Waals surface area (Å²) >= 11 is 0.